The second-order valence-corrected chi connectivity index (χ2v) is 6.22. The highest BCUT2D eigenvalue weighted by atomic mass is 15.4. The lowest BCUT2D eigenvalue weighted by Gasteiger charge is -2.10. The molecule has 3 heterocycles. The molecule has 1 aromatic carbocycles. The van der Waals surface area contributed by atoms with E-state index >= 15 is 0 Å². The molecule has 128 valence electrons. The third-order valence-corrected chi connectivity index (χ3v) is 4.54. The fraction of sp³-hybridized carbons (Fsp3) is 0.333. The van der Waals surface area contributed by atoms with Gasteiger partial charge in [0.2, 0.25) is 5.95 Å². The van der Waals surface area contributed by atoms with Gasteiger partial charge in [0.05, 0.1) is 5.52 Å². The summed E-state index contributed by atoms with van der Waals surface area (Å²) in [5.74, 6) is 0.652. The number of aromatic amines is 1. The van der Waals surface area contributed by atoms with E-state index in [2.05, 4.69) is 63.5 Å². The Bertz CT molecular complexity index is 1030. The van der Waals surface area contributed by atoms with Crippen LogP contribution >= 0.6 is 0 Å². The summed E-state index contributed by atoms with van der Waals surface area (Å²) in [4.78, 5) is 12.3. The van der Waals surface area contributed by atoms with Crippen LogP contribution in [0.15, 0.2) is 30.6 Å². The molecule has 0 unspecified atom stereocenters. The highest BCUT2D eigenvalue weighted by molar-refractivity contribution is 5.95. The highest BCUT2D eigenvalue weighted by Crippen LogP contribution is 2.29. The van der Waals surface area contributed by atoms with Gasteiger partial charge < -0.3 is 10.3 Å². The number of H-pyrrole nitrogens is 1. The maximum Gasteiger partial charge on any atom is 0.224 e. The van der Waals surface area contributed by atoms with Crippen molar-refractivity contribution < 1.29 is 0 Å². The molecule has 0 radical (unpaired) electrons. The van der Waals surface area contributed by atoms with Crippen LogP contribution in [0, 0.1) is 0 Å². The number of nitrogens with zero attached hydrogens (tertiary/aromatic N) is 5. The van der Waals surface area contributed by atoms with Gasteiger partial charge in [-0.05, 0) is 38.0 Å². The molecule has 7 nitrogen and oxygen atoms in total. The number of benzene rings is 1. The van der Waals surface area contributed by atoms with E-state index in [1.54, 1.807) is 0 Å². The van der Waals surface area contributed by atoms with Crippen molar-refractivity contribution in [3.63, 3.8) is 0 Å². The summed E-state index contributed by atoms with van der Waals surface area (Å²) in [5.41, 5.74) is 4.95. The molecule has 1 atom stereocenters. The Morgan fingerprint density at radius 3 is 2.96 bits per heavy atom. The third kappa shape index (κ3) is 2.71. The van der Waals surface area contributed by atoms with Gasteiger partial charge in [0.1, 0.15) is 11.2 Å². The quantitative estimate of drug-likeness (QED) is 0.582. The van der Waals surface area contributed by atoms with Gasteiger partial charge in [-0.1, -0.05) is 18.2 Å². The van der Waals surface area contributed by atoms with Crippen molar-refractivity contribution in [1.29, 1.82) is 0 Å². The Hall–Kier alpha value is -2.96. The first-order valence-electron chi connectivity index (χ1n) is 8.64. The average Bonchev–Trinajstić information content (AvgIpc) is 3.24. The van der Waals surface area contributed by atoms with Crippen LogP contribution in [-0.2, 0) is 6.54 Å². The van der Waals surface area contributed by atoms with Crippen LogP contribution in [0.1, 0.15) is 27.2 Å². The molecule has 0 saturated heterocycles. The van der Waals surface area contributed by atoms with E-state index in [1.807, 2.05) is 23.1 Å². The van der Waals surface area contributed by atoms with Crippen LogP contribution < -0.4 is 5.32 Å². The normalized spacial score (nSPS) is 12.8. The fourth-order valence-corrected chi connectivity index (χ4v) is 2.90. The van der Waals surface area contributed by atoms with Crippen LogP contribution in [0.5, 0.6) is 0 Å². The summed E-state index contributed by atoms with van der Waals surface area (Å²) in [6, 6.07) is 6.52. The van der Waals surface area contributed by atoms with Gasteiger partial charge in [-0.2, -0.15) is 4.98 Å². The second-order valence-electron chi connectivity index (χ2n) is 6.22. The standard InChI is InChI=1S/C18H21N7/c1-4-11(3)21-18-20-10-14-13(9-19-17(14)22-18)12-6-7-15-16(8-12)25(5-2)24-23-15/h6-11H,4-5H2,1-3H3,(H2,19,20,21,22)/t11-/m0/s1. The minimum atomic E-state index is 0.344. The summed E-state index contributed by atoms with van der Waals surface area (Å²) in [5, 5.41) is 12.7. The predicted octanol–water partition coefficient (Wildman–Crippen LogP) is 3.60. The van der Waals surface area contributed by atoms with Gasteiger partial charge in [0.15, 0.2) is 0 Å². The lowest BCUT2D eigenvalue weighted by molar-refractivity contribution is 0.646. The van der Waals surface area contributed by atoms with Crippen LogP contribution in [0.4, 0.5) is 5.95 Å². The third-order valence-electron chi connectivity index (χ3n) is 4.54. The molecule has 0 aliphatic rings. The van der Waals surface area contributed by atoms with E-state index in [9.17, 15) is 0 Å². The first-order valence-corrected chi connectivity index (χ1v) is 8.64. The lowest BCUT2D eigenvalue weighted by atomic mass is 10.1. The minimum absolute atomic E-state index is 0.344. The van der Waals surface area contributed by atoms with Gasteiger partial charge in [0, 0.05) is 35.9 Å². The highest BCUT2D eigenvalue weighted by Gasteiger charge is 2.12. The molecule has 0 bridgehead atoms. The molecular formula is C18H21N7. The molecule has 0 aliphatic heterocycles. The number of anilines is 1. The Balaban J connectivity index is 1.76. The van der Waals surface area contributed by atoms with Crippen molar-refractivity contribution in [3.8, 4) is 11.1 Å². The molecule has 0 saturated carbocycles. The smallest absolute Gasteiger partial charge is 0.224 e. The van der Waals surface area contributed by atoms with Gasteiger partial charge >= 0.3 is 0 Å². The molecular weight excluding hydrogens is 314 g/mol. The van der Waals surface area contributed by atoms with Gasteiger partial charge in [-0.15, -0.1) is 5.10 Å². The Kier molecular flexibility index (Phi) is 3.83. The summed E-state index contributed by atoms with van der Waals surface area (Å²) in [6.45, 7) is 7.11. The van der Waals surface area contributed by atoms with Crippen molar-refractivity contribution in [3.05, 3.63) is 30.6 Å². The topological polar surface area (TPSA) is 84.3 Å². The van der Waals surface area contributed by atoms with Gasteiger partial charge in [-0.3, -0.25) is 0 Å². The summed E-state index contributed by atoms with van der Waals surface area (Å²) in [6.07, 6.45) is 4.88. The SMILES string of the molecule is CC[C@H](C)Nc1ncc2c(-c3ccc4nnn(CC)c4c3)c[nH]c2n1. The van der Waals surface area contributed by atoms with Crippen LogP contribution in [0.2, 0.25) is 0 Å². The molecule has 0 spiro atoms. The molecule has 0 amide bonds. The lowest BCUT2D eigenvalue weighted by Crippen LogP contribution is -2.15. The van der Waals surface area contributed by atoms with E-state index in [-0.39, 0.29) is 0 Å². The Labute approximate surface area is 145 Å². The number of rotatable bonds is 5. The predicted molar refractivity (Wildman–Crippen MR) is 99.5 cm³/mol. The molecule has 3 aromatic heterocycles. The number of aryl methyl sites for hydroxylation is 1. The van der Waals surface area contributed by atoms with Crippen LogP contribution in [0.3, 0.4) is 0 Å². The molecule has 0 fully saturated rings. The van der Waals surface area contributed by atoms with Crippen molar-refractivity contribution in [2.45, 2.75) is 39.8 Å². The monoisotopic (exact) mass is 335 g/mol. The molecule has 4 aromatic rings. The zero-order valence-electron chi connectivity index (χ0n) is 14.6. The average molecular weight is 335 g/mol. The molecule has 4 rings (SSSR count). The first-order chi connectivity index (χ1) is 12.2. The van der Waals surface area contributed by atoms with Crippen molar-refractivity contribution >= 4 is 28.0 Å². The van der Waals surface area contributed by atoms with Crippen molar-refractivity contribution in [2.24, 2.45) is 0 Å². The molecule has 0 aliphatic carbocycles. The van der Waals surface area contributed by atoms with E-state index in [0.717, 1.165) is 46.2 Å². The maximum atomic E-state index is 4.59. The fourth-order valence-electron chi connectivity index (χ4n) is 2.90. The zero-order chi connectivity index (χ0) is 17.4. The van der Waals surface area contributed by atoms with E-state index in [1.165, 1.54) is 0 Å². The van der Waals surface area contributed by atoms with Gasteiger partial charge in [-0.25, -0.2) is 9.67 Å². The van der Waals surface area contributed by atoms with Crippen LogP contribution in [-0.4, -0.2) is 36.0 Å². The van der Waals surface area contributed by atoms with E-state index in [4.69, 9.17) is 0 Å². The maximum absolute atomic E-state index is 4.59. The second kappa shape index (κ2) is 6.16. The minimum Gasteiger partial charge on any atom is -0.352 e. The summed E-state index contributed by atoms with van der Waals surface area (Å²) < 4.78 is 1.90. The Morgan fingerprint density at radius 1 is 1.28 bits per heavy atom. The number of aromatic nitrogens is 6. The number of nitrogens with one attached hydrogen (secondary N) is 2. The number of hydrogen-bond donors (Lipinski definition) is 2. The van der Waals surface area contributed by atoms with Gasteiger partial charge in [0.25, 0.3) is 0 Å². The summed E-state index contributed by atoms with van der Waals surface area (Å²) >= 11 is 0. The first kappa shape index (κ1) is 15.6. The Morgan fingerprint density at radius 2 is 2.16 bits per heavy atom. The molecule has 7 heteroatoms. The van der Waals surface area contributed by atoms with Crippen molar-refractivity contribution in [1.82, 2.24) is 29.9 Å². The number of hydrogen-bond acceptors (Lipinski definition) is 5. The molecule has 2 N–H and O–H groups in total. The molecule has 25 heavy (non-hydrogen) atoms. The van der Waals surface area contributed by atoms with Crippen molar-refractivity contribution in [2.75, 3.05) is 5.32 Å². The zero-order valence-corrected chi connectivity index (χ0v) is 14.6. The summed E-state index contributed by atoms with van der Waals surface area (Å²) in [7, 11) is 0. The largest absolute Gasteiger partial charge is 0.352 e. The number of fused-ring (bicyclic) bond motifs is 2. The van der Waals surface area contributed by atoms with E-state index in [0.29, 0.717) is 12.0 Å². The van der Waals surface area contributed by atoms with E-state index < -0.39 is 0 Å². The van der Waals surface area contributed by atoms with Crippen LogP contribution in [0.25, 0.3) is 33.2 Å².